The van der Waals surface area contributed by atoms with Crippen LogP contribution in [0, 0.1) is 12.8 Å². The summed E-state index contributed by atoms with van der Waals surface area (Å²) in [5, 5.41) is 3.16. The summed E-state index contributed by atoms with van der Waals surface area (Å²) < 4.78 is 0. The van der Waals surface area contributed by atoms with E-state index in [1.54, 1.807) is 6.20 Å². The van der Waals surface area contributed by atoms with Crippen LogP contribution in [0.15, 0.2) is 18.3 Å². The van der Waals surface area contributed by atoms with E-state index in [1.165, 1.54) is 0 Å². The standard InChI is InChI=1S/C11H14N2O/c1-8-2-3-10(7-13-8)11(14)4-9-5-12-6-9/h2-3,7,9,12H,4-6H2,1H3. The first-order valence-electron chi connectivity index (χ1n) is 4.92. The van der Waals surface area contributed by atoms with Crippen LogP contribution < -0.4 is 5.32 Å². The summed E-state index contributed by atoms with van der Waals surface area (Å²) in [4.78, 5) is 15.8. The molecule has 1 N–H and O–H groups in total. The predicted octanol–water partition coefficient (Wildman–Crippen LogP) is 1.18. The van der Waals surface area contributed by atoms with Crippen LogP contribution in [0.4, 0.5) is 0 Å². The van der Waals surface area contributed by atoms with Crippen molar-refractivity contribution in [2.75, 3.05) is 13.1 Å². The van der Waals surface area contributed by atoms with Crippen molar-refractivity contribution in [1.82, 2.24) is 10.3 Å². The number of ketones is 1. The highest BCUT2D eigenvalue weighted by atomic mass is 16.1. The van der Waals surface area contributed by atoms with Crippen molar-refractivity contribution in [2.45, 2.75) is 13.3 Å². The van der Waals surface area contributed by atoms with Crippen LogP contribution in [0.3, 0.4) is 0 Å². The van der Waals surface area contributed by atoms with Gasteiger partial charge in [-0.3, -0.25) is 9.78 Å². The maximum Gasteiger partial charge on any atom is 0.164 e. The topological polar surface area (TPSA) is 42.0 Å². The van der Waals surface area contributed by atoms with Crippen molar-refractivity contribution in [1.29, 1.82) is 0 Å². The number of nitrogens with one attached hydrogen (secondary N) is 1. The predicted molar refractivity (Wildman–Crippen MR) is 54.3 cm³/mol. The van der Waals surface area contributed by atoms with E-state index in [9.17, 15) is 4.79 Å². The third-order valence-corrected chi connectivity index (χ3v) is 2.57. The Morgan fingerprint density at radius 2 is 2.36 bits per heavy atom. The molecular weight excluding hydrogens is 176 g/mol. The number of aryl methyl sites for hydroxylation is 1. The number of Topliss-reactive ketones (excluding diaryl/α,β-unsaturated/α-hetero) is 1. The monoisotopic (exact) mass is 190 g/mol. The fourth-order valence-corrected chi connectivity index (χ4v) is 1.51. The van der Waals surface area contributed by atoms with E-state index in [-0.39, 0.29) is 5.78 Å². The molecule has 0 unspecified atom stereocenters. The van der Waals surface area contributed by atoms with Gasteiger partial charge in [-0.25, -0.2) is 0 Å². The molecule has 74 valence electrons. The van der Waals surface area contributed by atoms with Gasteiger partial charge in [0.1, 0.15) is 0 Å². The normalized spacial score (nSPS) is 16.4. The Bertz CT molecular complexity index is 328. The minimum Gasteiger partial charge on any atom is -0.316 e. The van der Waals surface area contributed by atoms with Crippen molar-refractivity contribution in [3.05, 3.63) is 29.6 Å². The first kappa shape index (κ1) is 9.34. The molecule has 2 heterocycles. The van der Waals surface area contributed by atoms with Crippen LogP contribution in [0.2, 0.25) is 0 Å². The molecule has 0 amide bonds. The lowest BCUT2D eigenvalue weighted by Crippen LogP contribution is -2.42. The van der Waals surface area contributed by atoms with Gasteiger partial charge >= 0.3 is 0 Å². The van der Waals surface area contributed by atoms with E-state index in [2.05, 4.69) is 10.3 Å². The molecule has 0 radical (unpaired) electrons. The molecule has 1 aromatic rings. The zero-order valence-electron chi connectivity index (χ0n) is 8.29. The zero-order chi connectivity index (χ0) is 9.97. The highest BCUT2D eigenvalue weighted by Crippen LogP contribution is 2.13. The number of pyridine rings is 1. The molecule has 1 aromatic heterocycles. The Morgan fingerprint density at radius 3 is 2.86 bits per heavy atom. The van der Waals surface area contributed by atoms with Crippen LogP contribution in [-0.2, 0) is 0 Å². The summed E-state index contributed by atoms with van der Waals surface area (Å²) in [6.45, 7) is 3.88. The molecule has 2 rings (SSSR count). The average molecular weight is 190 g/mol. The third kappa shape index (κ3) is 1.99. The van der Waals surface area contributed by atoms with Gasteiger partial charge in [0, 0.05) is 23.9 Å². The Kier molecular flexibility index (Phi) is 2.59. The van der Waals surface area contributed by atoms with Gasteiger partial charge in [0.2, 0.25) is 0 Å². The second-order valence-electron chi connectivity index (χ2n) is 3.84. The SMILES string of the molecule is Cc1ccc(C(=O)CC2CNC2)cn1. The fourth-order valence-electron chi connectivity index (χ4n) is 1.51. The second-order valence-corrected chi connectivity index (χ2v) is 3.84. The number of hydrogen-bond acceptors (Lipinski definition) is 3. The lowest BCUT2D eigenvalue weighted by molar-refractivity contribution is 0.0945. The van der Waals surface area contributed by atoms with Crippen LogP contribution in [0.25, 0.3) is 0 Å². The second kappa shape index (κ2) is 3.88. The number of hydrogen-bond donors (Lipinski definition) is 1. The lowest BCUT2D eigenvalue weighted by Gasteiger charge is -2.26. The van der Waals surface area contributed by atoms with Gasteiger partial charge in [-0.2, -0.15) is 0 Å². The average Bonchev–Trinajstić information content (AvgIpc) is 2.12. The van der Waals surface area contributed by atoms with E-state index in [1.807, 2.05) is 19.1 Å². The zero-order valence-corrected chi connectivity index (χ0v) is 8.29. The molecule has 0 saturated carbocycles. The first-order chi connectivity index (χ1) is 6.75. The maximum atomic E-state index is 11.7. The number of aromatic nitrogens is 1. The summed E-state index contributed by atoms with van der Waals surface area (Å²) in [5.74, 6) is 0.743. The molecule has 0 aromatic carbocycles. The van der Waals surface area contributed by atoms with E-state index in [0.29, 0.717) is 12.3 Å². The van der Waals surface area contributed by atoms with Crippen molar-refractivity contribution in [3.63, 3.8) is 0 Å². The minimum atomic E-state index is 0.212. The van der Waals surface area contributed by atoms with Crippen LogP contribution in [-0.4, -0.2) is 23.9 Å². The highest BCUT2D eigenvalue weighted by Gasteiger charge is 2.20. The molecule has 0 bridgehead atoms. The van der Waals surface area contributed by atoms with Crippen molar-refractivity contribution in [2.24, 2.45) is 5.92 Å². The van der Waals surface area contributed by atoms with E-state index >= 15 is 0 Å². The smallest absolute Gasteiger partial charge is 0.164 e. The van der Waals surface area contributed by atoms with Crippen LogP contribution in [0.5, 0.6) is 0 Å². The molecule has 0 atom stereocenters. The number of nitrogens with zero attached hydrogens (tertiary/aromatic N) is 1. The van der Waals surface area contributed by atoms with E-state index in [0.717, 1.165) is 24.3 Å². The Morgan fingerprint density at radius 1 is 1.57 bits per heavy atom. The molecular formula is C11H14N2O. The number of rotatable bonds is 3. The lowest BCUT2D eigenvalue weighted by atomic mass is 9.94. The molecule has 1 aliphatic heterocycles. The fraction of sp³-hybridized carbons (Fsp3) is 0.455. The quantitative estimate of drug-likeness (QED) is 0.728. The maximum absolute atomic E-state index is 11.7. The third-order valence-electron chi connectivity index (χ3n) is 2.57. The van der Waals surface area contributed by atoms with Crippen molar-refractivity contribution in [3.8, 4) is 0 Å². The van der Waals surface area contributed by atoms with Gasteiger partial charge in [0.25, 0.3) is 0 Å². The summed E-state index contributed by atoms with van der Waals surface area (Å²) in [6.07, 6.45) is 2.32. The molecule has 1 aliphatic rings. The number of carbonyl (C=O) groups excluding carboxylic acids is 1. The van der Waals surface area contributed by atoms with Crippen LogP contribution in [0.1, 0.15) is 22.5 Å². The van der Waals surface area contributed by atoms with Gasteiger partial charge < -0.3 is 5.32 Å². The van der Waals surface area contributed by atoms with Gasteiger partial charge in [-0.15, -0.1) is 0 Å². The van der Waals surface area contributed by atoms with Gasteiger partial charge in [0.15, 0.2) is 5.78 Å². The minimum absolute atomic E-state index is 0.212. The van der Waals surface area contributed by atoms with E-state index < -0.39 is 0 Å². The largest absolute Gasteiger partial charge is 0.316 e. The molecule has 1 saturated heterocycles. The Hall–Kier alpha value is -1.22. The van der Waals surface area contributed by atoms with Gasteiger partial charge in [-0.05, 0) is 38.1 Å². The Balaban J connectivity index is 1.99. The summed E-state index contributed by atoms with van der Waals surface area (Å²) in [6, 6.07) is 3.74. The summed E-state index contributed by atoms with van der Waals surface area (Å²) >= 11 is 0. The molecule has 14 heavy (non-hydrogen) atoms. The molecule has 3 nitrogen and oxygen atoms in total. The van der Waals surface area contributed by atoms with Gasteiger partial charge in [-0.1, -0.05) is 0 Å². The van der Waals surface area contributed by atoms with Gasteiger partial charge in [0.05, 0.1) is 0 Å². The molecule has 0 aliphatic carbocycles. The summed E-state index contributed by atoms with van der Waals surface area (Å²) in [5.41, 5.74) is 1.69. The molecule has 3 heteroatoms. The van der Waals surface area contributed by atoms with Crippen molar-refractivity contribution >= 4 is 5.78 Å². The van der Waals surface area contributed by atoms with Crippen molar-refractivity contribution < 1.29 is 4.79 Å². The molecule has 0 spiro atoms. The van der Waals surface area contributed by atoms with Crippen LogP contribution >= 0.6 is 0 Å². The first-order valence-corrected chi connectivity index (χ1v) is 4.92. The Labute approximate surface area is 83.5 Å². The molecule has 1 fully saturated rings. The highest BCUT2D eigenvalue weighted by molar-refractivity contribution is 5.95. The summed E-state index contributed by atoms with van der Waals surface area (Å²) in [7, 11) is 0. The van der Waals surface area contributed by atoms with E-state index in [4.69, 9.17) is 0 Å². The number of carbonyl (C=O) groups is 1.